The van der Waals surface area contributed by atoms with E-state index in [0.29, 0.717) is 6.10 Å². The lowest BCUT2D eigenvalue weighted by atomic mass is 9.82. The second-order valence-corrected chi connectivity index (χ2v) is 4.66. The van der Waals surface area contributed by atoms with Crippen LogP contribution in [0.3, 0.4) is 0 Å². The van der Waals surface area contributed by atoms with Crippen molar-refractivity contribution < 1.29 is 9.47 Å². The van der Waals surface area contributed by atoms with E-state index in [4.69, 9.17) is 9.47 Å². The SMILES string of the molecule is COC1[C@H]2CCC[C@]1(OC)C[C@H]2C. The minimum atomic E-state index is 0.0527. The maximum Gasteiger partial charge on any atom is 0.0944 e. The van der Waals surface area contributed by atoms with E-state index in [1.54, 1.807) is 0 Å². The standard InChI is InChI=1S/C11H20O2/c1-8-7-11(13-3)6-4-5-9(8)10(11)12-2/h8-10H,4-7H2,1-3H3/t8-,9+,10?,11+/m1/s1. The first-order chi connectivity index (χ1) is 6.23. The van der Waals surface area contributed by atoms with Crippen LogP contribution in [0.15, 0.2) is 0 Å². The highest BCUT2D eigenvalue weighted by molar-refractivity contribution is 5.05. The number of methoxy groups -OCH3 is 2. The maximum atomic E-state index is 5.72. The number of hydrogen-bond donors (Lipinski definition) is 0. The van der Waals surface area contributed by atoms with E-state index in [0.717, 1.165) is 11.8 Å². The highest BCUT2D eigenvalue weighted by Crippen LogP contribution is 2.51. The molecule has 2 rings (SSSR count). The lowest BCUT2D eigenvalue weighted by Gasteiger charge is -2.39. The van der Waals surface area contributed by atoms with Crippen molar-refractivity contribution in [2.75, 3.05) is 14.2 Å². The number of rotatable bonds is 2. The third kappa shape index (κ3) is 1.23. The summed E-state index contributed by atoms with van der Waals surface area (Å²) in [6.07, 6.45) is 5.35. The summed E-state index contributed by atoms with van der Waals surface area (Å²) in [4.78, 5) is 0. The molecule has 0 heterocycles. The lowest BCUT2D eigenvalue weighted by molar-refractivity contribution is -0.130. The molecule has 2 fully saturated rings. The zero-order chi connectivity index (χ0) is 9.47. The minimum Gasteiger partial charge on any atom is -0.378 e. The van der Waals surface area contributed by atoms with Crippen molar-refractivity contribution >= 4 is 0 Å². The fraction of sp³-hybridized carbons (Fsp3) is 1.00. The molecule has 2 aliphatic carbocycles. The lowest BCUT2D eigenvalue weighted by Crippen LogP contribution is -2.45. The largest absolute Gasteiger partial charge is 0.378 e. The van der Waals surface area contributed by atoms with Crippen LogP contribution in [0, 0.1) is 11.8 Å². The van der Waals surface area contributed by atoms with Crippen LogP contribution < -0.4 is 0 Å². The van der Waals surface area contributed by atoms with Crippen molar-refractivity contribution in [3.05, 3.63) is 0 Å². The molecule has 2 bridgehead atoms. The molecule has 0 aliphatic heterocycles. The molecule has 2 saturated carbocycles. The predicted octanol–water partition coefficient (Wildman–Crippen LogP) is 2.23. The molecule has 0 spiro atoms. The maximum absolute atomic E-state index is 5.72. The molecule has 1 unspecified atom stereocenters. The first-order valence-corrected chi connectivity index (χ1v) is 5.31. The van der Waals surface area contributed by atoms with Gasteiger partial charge in [-0.05, 0) is 31.1 Å². The highest BCUT2D eigenvalue weighted by atomic mass is 16.5. The Kier molecular flexibility index (Phi) is 2.37. The highest BCUT2D eigenvalue weighted by Gasteiger charge is 2.54. The van der Waals surface area contributed by atoms with Gasteiger partial charge in [-0.2, -0.15) is 0 Å². The van der Waals surface area contributed by atoms with Crippen LogP contribution in [0.5, 0.6) is 0 Å². The van der Waals surface area contributed by atoms with Crippen molar-refractivity contribution in [2.24, 2.45) is 11.8 Å². The van der Waals surface area contributed by atoms with Crippen molar-refractivity contribution in [3.63, 3.8) is 0 Å². The first kappa shape index (κ1) is 9.47. The van der Waals surface area contributed by atoms with E-state index in [2.05, 4.69) is 6.92 Å². The van der Waals surface area contributed by atoms with Gasteiger partial charge in [-0.3, -0.25) is 0 Å². The van der Waals surface area contributed by atoms with E-state index in [-0.39, 0.29) is 5.60 Å². The van der Waals surface area contributed by atoms with Crippen molar-refractivity contribution in [1.82, 2.24) is 0 Å². The van der Waals surface area contributed by atoms with E-state index >= 15 is 0 Å². The summed E-state index contributed by atoms with van der Waals surface area (Å²) in [6, 6.07) is 0. The molecule has 2 heteroatoms. The summed E-state index contributed by atoms with van der Waals surface area (Å²) >= 11 is 0. The van der Waals surface area contributed by atoms with Crippen LogP contribution in [0.1, 0.15) is 32.6 Å². The van der Waals surface area contributed by atoms with Crippen LogP contribution in [0.2, 0.25) is 0 Å². The first-order valence-electron chi connectivity index (χ1n) is 5.31. The van der Waals surface area contributed by atoms with E-state index in [9.17, 15) is 0 Å². The quantitative estimate of drug-likeness (QED) is 0.655. The van der Waals surface area contributed by atoms with Gasteiger partial charge in [0, 0.05) is 14.2 Å². The van der Waals surface area contributed by atoms with Crippen LogP contribution in [-0.2, 0) is 9.47 Å². The normalized spacial score (nSPS) is 49.6. The Morgan fingerprint density at radius 2 is 2.08 bits per heavy atom. The van der Waals surface area contributed by atoms with E-state index in [1.807, 2.05) is 14.2 Å². The van der Waals surface area contributed by atoms with Gasteiger partial charge in [0.05, 0.1) is 11.7 Å². The van der Waals surface area contributed by atoms with Crippen LogP contribution in [0.4, 0.5) is 0 Å². The van der Waals surface area contributed by atoms with Crippen LogP contribution in [-0.4, -0.2) is 25.9 Å². The Hall–Kier alpha value is -0.0800. The number of fused-ring (bicyclic) bond motifs is 2. The Bertz CT molecular complexity index is 193. The molecule has 2 nitrogen and oxygen atoms in total. The summed E-state index contributed by atoms with van der Waals surface area (Å²) in [7, 11) is 3.67. The third-order valence-corrected chi connectivity index (χ3v) is 4.10. The molecule has 76 valence electrons. The van der Waals surface area contributed by atoms with Gasteiger partial charge in [-0.15, -0.1) is 0 Å². The molecule has 2 aliphatic rings. The van der Waals surface area contributed by atoms with Gasteiger partial charge < -0.3 is 9.47 Å². The zero-order valence-corrected chi connectivity index (χ0v) is 8.88. The summed E-state index contributed by atoms with van der Waals surface area (Å²) in [5.41, 5.74) is 0.0527. The predicted molar refractivity (Wildman–Crippen MR) is 51.7 cm³/mol. The molecule has 13 heavy (non-hydrogen) atoms. The average molecular weight is 184 g/mol. The van der Waals surface area contributed by atoms with Gasteiger partial charge in [0.25, 0.3) is 0 Å². The van der Waals surface area contributed by atoms with Gasteiger partial charge in [-0.25, -0.2) is 0 Å². The van der Waals surface area contributed by atoms with E-state index < -0.39 is 0 Å². The average Bonchev–Trinajstić information content (AvgIpc) is 2.30. The third-order valence-electron chi connectivity index (χ3n) is 4.10. The van der Waals surface area contributed by atoms with E-state index in [1.165, 1.54) is 25.7 Å². The smallest absolute Gasteiger partial charge is 0.0944 e. The van der Waals surface area contributed by atoms with Gasteiger partial charge in [0.2, 0.25) is 0 Å². The van der Waals surface area contributed by atoms with Crippen molar-refractivity contribution in [1.29, 1.82) is 0 Å². The topological polar surface area (TPSA) is 18.5 Å². The number of ether oxygens (including phenoxy) is 2. The van der Waals surface area contributed by atoms with Gasteiger partial charge in [0.1, 0.15) is 0 Å². The Labute approximate surface area is 80.6 Å². The molecular formula is C11H20O2. The molecular weight excluding hydrogens is 164 g/mol. The van der Waals surface area contributed by atoms with Gasteiger partial charge in [0.15, 0.2) is 0 Å². The van der Waals surface area contributed by atoms with Gasteiger partial charge in [-0.1, -0.05) is 13.3 Å². The van der Waals surface area contributed by atoms with Crippen LogP contribution >= 0.6 is 0 Å². The van der Waals surface area contributed by atoms with Crippen LogP contribution in [0.25, 0.3) is 0 Å². The second-order valence-electron chi connectivity index (χ2n) is 4.66. The Balaban J connectivity index is 2.24. The second kappa shape index (κ2) is 3.25. The van der Waals surface area contributed by atoms with Crippen molar-refractivity contribution in [3.8, 4) is 0 Å². The fourth-order valence-electron chi connectivity index (χ4n) is 3.51. The molecule has 0 N–H and O–H groups in total. The Morgan fingerprint density at radius 3 is 2.62 bits per heavy atom. The summed E-state index contributed by atoms with van der Waals surface area (Å²) < 4.78 is 11.3. The van der Waals surface area contributed by atoms with Crippen molar-refractivity contribution in [2.45, 2.75) is 44.3 Å². The molecule has 0 amide bonds. The molecule has 0 aromatic heterocycles. The Morgan fingerprint density at radius 1 is 1.31 bits per heavy atom. The fourth-order valence-corrected chi connectivity index (χ4v) is 3.51. The summed E-state index contributed by atoms with van der Waals surface area (Å²) in [6.45, 7) is 2.34. The van der Waals surface area contributed by atoms with Gasteiger partial charge >= 0.3 is 0 Å². The molecule has 0 radical (unpaired) electrons. The molecule has 0 aromatic rings. The summed E-state index contributed by atoms with van der Waals surface area (Å²) in [5, 5.41) is 0. The minimum absolute atomic E-state index is 0.0527. The monoisotopic (exact) mass is 184 g/mol. The zero-order valence-electron chi connectivity index (χ0n) is 8.88. The molecule has 0 aromatic carbocycles. The molecule has 0 saturated heterocycles. The molecule has 4 atom stereocenters. The summed E-state index contributed by atoms with van der Waals surface area (Å²) in [5.74, 6) is 1.51. The number of hydrogen-bond acceptors (Lipinski definition) is 2.